The minimum atomic E-state index is -2.62. The molecule has 17 heavy (non-hydrogen) atoms. The highest BCUT2D eigenvalue weighted by molar-refractivity contribution is 6.29. The van der Waals surface area contributed by atoms with Gasteiger partial charge in [0.25, 0.3) is 5.92 Å². The Morgan fingerprint density at radius 3 is 2.35 bits per heavy atom. The molecule has 1 amide bonds. The molecule has 0 spiro atoms. The maximum absolute atomic E-state index is 13.1. The van der Waals surface area contributed by atoms with Gasteiger partial charge in [0.05, 0.1) is 5.41 Å². The third-order valence-corrected chi connectivity index (χ3v) is 3.43. The van der Waals surface area contributed by atoms with E-state index in [1.54, 1.807) is 31.2 Å². The smallest absolute Gasteiger partial charge is 0.258 e. The zero-order valence-electron chi connectivity index (χ0n) is 9.27. The van der Waals surface area contributed by atoms with Crippen LogP contribution in [0.2, 0.25) is 0 Å². The third-order valence-electron chi connectivity index (χ3n) is 3.19. The second-order valence-corrected chi connectivity index (χ2v) is 4.74. The fourth-order valence-corrected chi connectivity index (χ4v) is 1.90. The van der Waals surface area contributed by atoms with Gasteiger partial charge in [-0.3, -0.25) is 4.79 Å². The first kappa shape index (κ1) is 12.3. The van der Waals surface area contributed by atoms with Crippen LogP contribution in [0.15, 0.2) is 24.3 Å². The summed E-state index contributed by atoms with van der Waals surface area (Å²) in [4.78, 5) is 11.0. The number of benzene rings is 1. The standard InChI is InChI=1S/C12H12ClF2NO/c1-11(7-12(11,14)15)8-2-4-9(5-3-8)16-10(17)6-13/h2-5H,6-7H2,1H3,(H,16,17). The van der Waals surface area contributed by atoms with E-state index >= 15 is 0 Å². The van der Waals surface area contributed by atoms with Crippen molar-refractivity contribution in [1.29, 1.82) is 0 Å². The minimum absolute atomic E-state index is 0.118. The van der Waals surface area contributed by atoms with Crippen LogP contribution in [-0.4, -0.2) is 17.7 Å². The molecular weight excluding hydrogens is 248 g/mol. The summed E-state index contributed by atoms with van der Waals surface area (Å²) in [5.41, 5.74) is 0.0977. The number of amides is 1. The van der Waals surface area contributed by atoms with E-state index in [0.717, 1.165) is 0 Å². The third kappa shape index (κ3) is 2.14. The summed E-state index contributed by atoms with van der Waals surface area (Å²) in [6.07, 6.45) is -0.118. The van der Waals surface area contributed by atoms with Crippen molar-refractivity contribution in [3.63, 3.8) is 0 Å². The first-order valence-electron chi connectivity index (χ1n) is 5.23. The van der Waals surface area contributed by atoms with Gasteiger partial charge in [0, 0.05) is 12.1 Å². The molecule has 1 unspecified atom stereocenters. The van der Waals surface area contributed by atoms with E-state index in [9.17, 15) is 13.6 Å². The zero-order chi connectivity index (χ0) is 12.7. The van der Waals surface area contributed by atoms with E-state index in [-0.39, 0.29) is 18.2 Å². The largest absolute Gasteiger partial charge is 0.325 e. The summed E-state index contributed by atoms with van der Waals surface area (Å²) >= 11 is 5.34. The predicted molar refractivity (Wildman–Crippen MR) is 62.7 cm³/mol. The molecule has 0 saturated heterocycles. The van der Waals surface area contributed by atoms with Crippen molar-refractivity contribution in [3.05, 3.63) is 29.8 Å². The van der Waals surface area contributed by atoms with Crippen molar-refractivity contribution in [3.8, 4) is 0 Å². The fraction of sp³-hybridized carbons (Fsp3) is 0.417. The van der Waals surface area contributed by atoms with E-state index < -0.39 is 11.3 Å². The van der Waals surface area contributed by atoms with Crippen molar-refractivity contribution in [2.45, 2.75) is 24.7 Å². The summed E-state index contributed by atoms with van der Waals surface area (Å²) < 4.78 is 26.3. The molecule has 0 radical (unpaired) electrons. The molecule has 2 rings (SSSR count). The van der Waals surface area contributed by atoms with Crippen molar-refractivity contribution in [2.24, 2.45) is 0 Å². The van der Waals surface area contributed by atoms with Gasteiger partial charge in [-0.15, -0.1) is 11.6 Å². The highest BCUT2D eigenvalue weighted by Crippen LogP contribution is 2.61. The van der Waals surface area contributed by atoms with Crippen LogP contribution in [0.4, 0.5) is 14.5 Å². The highest BCUT2D eigenvalue weighted by Gasteiger charge is 2.68. The molecule has 1 aliphatic carbocycles. The van der Waals surface area contributed by atoms with Crippen LogP contribution in [0.1, 0.15) is 18.9 Å². The molecular formula is C12H12ClF2NO. The lowest BCUT2D eigenvalue weighted by molar-refractivity contribution is -0.113. The lowest BCUT2D eigenvalue weighted by Gasteiger charge is -2.11. The molecule has 0 aliphatic heterocycles. The van der Waals surface area contributed by atoms with Gasteiger partial charge in [-0.05, 0) is 24.6 Å². The van der Waals surface area contributed by atoms with Crippen molar-refractivity contribution < 1.29 is 13.6 Å². The molecule has 0 bridgehead atoms. The van der Waals surface area contributed by atoms with E-state index in [0.29, 0.717) is 11.3 Å². The number of carbonyl (C=O) groups excluding carboxylic acids is 1. The summed E-state index contributed by atoms with van der Waals surface area (Å²) in [5.74, 6) is -3.06. The fourth-order valence-electron chi connectivity index (χ4n) is 1.83. The summed E-state index contributed by atoms with van der Waals surface area (Å²) in [6.45, 7) is 1.54. The summed E-state index contributed by atoms with van der Waals surface area (Å²) in [6, 6.07) is 6.45. The molecule has 1 saturated carbocycles. The van der Waals surface area contributed by atoms with E-state index in [4.69, 9.17) is 11.6 Å². The van der Waals surface area contributed by atoms with Crippen LogP contribution in [-0.2, 0) is 10.2 Å². The Bertz CT molecular complexity index is 446. The average Bonchev–Trinajstić information content (AvgIpc) is 2.80. The Labute approximate surface area is 103 Å². The number of nitrogens with one attached hydrogen (secondary N) is 1. The SMILES string of the molecule is CC1(c2ccc(NC(=O)CCl)cc2)CC1(F)F. The Kier molecular flexibility index (Phi) is 2.86. The Balaban J connectivity index is 2.12. The molecule has 1 N–H and O–H groups in total. The number of anilines is 1. The van der Waals surface area contributed by atoms with Crippen LogP contribution < -0.4 is 5.32 Å². The first-order valence-corrected chi connectivity index (χ1v) is 5.77. The topological polar surface area (TPSA) is 29.1 Å². The van der Waals surface area contributed by atoms with Gasteiger partial charge >= 0.3 is 0 Å². The van der Waals surface area contributed by atoms with Gasteiger partial charge in [-0.1, -0.05) is 12.1 Å². The number of alkyl halides is 3. The summed E-state index contributed by atoms with van der Waals surface area (Å²) in [5, 5.41) is 2.55. The number of halogens is 3. The lowest BCUT2D eigenvalue weighted by Crippen LogP contribution is -2.14. The molecule has 1 fully saturated rings. The normalized spacial score (nSPS) is 25.4. The van der Waals surface area contributed by atoms with Gasteiger partial charge in [0.1, 0.15) is 5.88 Å². The number of carbonyl (C=O) groups is 1. The Morgan fingerprint density at radius 1 is 1.41 bits per heavy atom. The van der Waals surface area contributed by atoms with E-state index in [2.05, 4.69) is 5.32 Å². The Morgan fingerprint density at radius 2 is 1.94 bits per heavy atom. The second kappa shape index (κ2) is 3.95. The van der Waals surface area contributed by atoms with Crippen LogP contribution >= 0.6 is 11.6 Å². The van der Waals surface area contributed by atoms with Gasteiger partial charge in [-0.25, -0.2) is 8.78 Å². The van der Waals surface area contributed by atoms with Crippen molar-refractivity contribution >= 4 is 23.2 Å². The molecule has 92 valence electrons. The van der Waals surface area contributed by atoms with Gasteiger partial charge in [0.15, 0.2) is 0 Å². The summed E-state index contributed by atoms with van der Waals surface area (Å²) in [7, 11) is 0. The monoisotopic (exact) mass is 259 g/mol. The number of hydrogen-bond donors (Lipinski definition) is 1. The first-order chi connectivity index (χ1) is 7.89. The van der Waals surface area contributed by atoms with Crippen molar-refractivity contribution in [1.82, 2.24) is 0 Å². The van der Waals surface area contributed by atoms with Gasteiger partial charge < -0.3 is 5.32 Å². The van der Waals surface area contributed by atoms with Crippen LogP contribution in [0.3, 0.4) is 0 Å². The minimum Gasteiger partial charge on any atom is -0.325 e. The Hall–Kier alpha value is -1.16. The van der Waals surface area contributed by atoms with Crippen LogP contribution in [0.25, 0.3) is 0 Å². The van der Waals surface area contributed by atoms with Crippen LogP contribution in [0.5, 0.6) is 0 Å². The van der Waals surface area contributed by atoms with E-state index in [1.807, 2.05) is 0 Å². The molecule has 1 aliphatic rings. The number of hydrogen-bond acceptors (Lipinski definition) is 1. The molecule has 1 aromatic carbocycles. The second-order valence-electron chi connectivity index (χ2n) is 4.47. The molecule has 1 atom stereocenters. The maximum atomic E-state index is 13.1. The van der Waals surface area contributed by atoms with Gasteiger partial charge in [0.2, 0.25) is 5.91 Å². The number of rotatable bonds is 3. The molecule has 2 nitrogen and oxygen atoms in total. The molecule has 0 aromatic heterocycles. The molecule has 0 heterocycles. The van der Waals surface area contributed by atoms with E-state index in [1.165, 1.54) is 0 Å². The van der Waals surface area contributed by atoms with Crippen molar-refractivity contribution in [2.75, 3.05) is 11.2 Å². The zero-order valence-corrected chi connectivity index (χ0v) is 10.0. The molecule has 5 heteroatoms. The quantitative estimate of drug-likeness (QED) is 0.830. The van der Waals surface area contributed by atoms with Crippen LogP contribution in [0, 0.1) is 0 Å². The van der Waals surface area contributed by atoms with Gasteiger partial charge in [-0.2, -0.15) is 0 Å². The predicted octanol–water partition coefficient (Wildman–Crippen LogP) is 3.16. The lowest BCUT2D eigenvalue weighted by atomic mass is 9.97. The highest BCUT2D eigenvalue weighted by atomic mass is 35.5. The maximum Gasteiger partial charge on any atom is 0.258 e. The average molecular weight is 260 g/mol. The molecule has 1 aromatic rings.